The van der Waals surface area contributed by atoms with E-state index < -0.39 is 5.60 Å². The van der Waals surface area contributed by atoms with Crippen molar-refractivity contribution in [3.8, 4) is 11.8 Å². The summed E-state index contributed by atoms with van der Waals surface area (Å²) in [6.45, 7) is 0. The quantitative estimate of drug-likeness (QED) is 0.719. The monoisotopic (exact) mass is 212 g/mol. The summed E-state index contributed by atoms with van der Waals surface area (Å²) in [6.07, 6.45) is 3.40. The number of aliphatic hydroxyl groups is 1. The van der Waals surface area contributed by atoms with Gasteiger partial charge in [-0.1, -0.05) is 30.0 Å². The van der Waals surface area contributed by atoms with Crippen LogP contribution >= 0.6 is 0 Å². The molecule has 2 heteroatoms. The summed E-state index contributed by atoms with van der Waals surface area (Å²) in [6, 6.07) is 9.58. The molecule has 1 aliphatic rings. The molecule has 0 radical (unpaired) electrons. The van der Waals surface area contributed by atoms with Crippen molar-refractivity contribution >= 4 is 5.78 Å². The van der Waals surface area contributed by atoms with Crippen LogP contribution in [-0.4, -0.2) is 16.5 Å². The van der Waals surface area contributed by atoms with E-state index in [1.165, 1.54) is 12.2 Å². The van der Waals surface area contributed by atoms with Crippen molar-refractivity contribution in [2.45, 2.75) is 18.4 Å². The van der Waals surface area contributed by atoms with E-state index in [1.54, 1.807) is 0 Å². The van der Waals surface area contributed by atoms with Crippen LogP contribution in [0.5, 0.6) is 0 Å². The molecule has 2 rings (SSSR count). The molecule has 1 atom stereocenters. The van der Waals surface area contributed by atoms with Crippen LogP contribution in [-0.2, 0) is 4.79 Å². The fourth-order valence-corrected chi connectivity index (χ4v) is 1.61. The largest absolute Gasteiger partial charge is 0.384 e. The van der Waals surface area contributed by atoms with Gasteiger partial charge in [0.15, 0.2) is 5.78 Å². The van der Waals surface area contributed by atoms with Crippen molar-refractivity contribution in [3.05, 3.63) is 48.0 Å². The second-order valence-electron chi connectivity index (χ2n) is 3.92. The summed E-state index contributed by atoms with van der Waals surface area (Å²) in [5.74, 6) is 5.82. The normalized spacial score (nSPS) is 22.9. The number of benzene rings is 1. The minimum Gasteiger partial charge on any atom is -0.384 e. The van der Waals surface area contributed by atoms with Crippen molar-refractivity contribution in [3.63, 3.8) is 0 Å². The highest BCUT2D eigenvalue weighted by molar-refractivity contribution is 5.93. The van der Waals surface area contributed by atoms with Crippen LogP contribution < -0.4 is 0 Å². The van der Waals surface area contributed by atoms with E-state index in [0.717, 1.165) is 5.56 Å². The molecule has 1 N–H and O–H groups in total. The molecule has 0 aliphatic heterocycles. The van der Waals surface area contributed by atoms with E-state index in [2.05, 4.69) is 11.8 Å². The summed E-state index contributed by atoms with van der Waals surface area (Å²) in [5.41, 5.74) is -0.141. The van der Waals surface area contributed by atoms with Crippen LogP contribution in [0.4, 0.5) is 0 Å². The van der Waals surface area contributed by atoms with Crippen LogP contribution in [0.3, 0.4) is 0 Å². The molecule has 2 nitrogen and oxygen atoms in total. The highest BCUT2D eigenvalue weighted by Crippen LogP contribution is 2.22. The van der Waals surface area contributed by atoms with E-state index in [4.69, 9.17) is 0 Å². The lowest BCUT2D eigenvalue weighted by atomic mass is 9.99. The summed E-state index contributed by atoms with van der Waals surface area (Å²) in [5, 5.41) is 9.93. The first-order chi connectivity index (χ1) is 7.68. The first-order valence-corrected chi connectivity index (χ1v) is 5.16. The van der Waals surface area contributed by atoms with Gasteiger partial charge in [-0.15, -0.1) is 0 Å². The molecule has 16 heavy (non-hydrogen) atoms. The topological polar surface area (TPSA) is 37.3 Å². The maximum absolute atomic E-state index is 11.0. The van der Waals surface area contributed by atoms with Gasteiger partial charge in [-0.3, -0.25) is 4.79 Å². The van der Waals surface area contributed by atoms with Gasteiger partial charge in [0.25, 0.3) is 0 Å². The Morgan fingerprint density at radius 1 is 1.31 bits per heavy atom. The SMILES string of the molecule is O=C1C=CC(O)(CC#Cc2ccccc2)C1. The molecule has 0 amide bonds. The zero-order valence-electron chi connectivity index (χ0n) is 8.81. The summed E-state index contributed by atoms with van der Waals surface area (Å²) < 4.78 is 0. The van der Waals surface area contributed by atoms with Crippen LogP contribution in [0.2, 0.25) is 0 Å². The third-order valence-electron chi connectivity index (χ3n) is 2.46. The summed E-state index contributed by atoms with van der Waals surface area (Å²) >= 11 is 0. The first-order valence-electron chi connectivity index (χ1n) is 5.16. The molecule has 1 unspecified atom stereocenters. The number of rotatable bonds is 1. The zero-order chi connectivity index (χ0) is 11.4. The molecular weight excluding hydrogens is 200 g/mol. The molecule has 0 aromatic heterocycles. The second kappa shape index (κ2) is 4.34. The van der Waals surface area contributed by atoms with Gasteiger partial charge >= 0.3 is 0 Å². The second-order valence-corrected chi connectivity index (χ2v) is 3.92. The third-order valence-corrected chi connectivity index (χ3v) is 2.46. The average molecular weight is 212 g/mol. The zero-order valence-corrected chi connectivity index (χ0v) is 8.81. The Kier molecular flexibility index (Phi) is 2.89. The average Bonchev–Trinajstić information content (AvgIpc) is 2.60. The molecule has 0 bridgehead atoms. The predicted octanol–water partition coefficient (Wildman–Crippen LogP) is 1.69. The van der Waals surface area contributed by atoms with Gasteiger partial charge in [-0.25, -0.2) is 0 Å². The van der Waals surface area contributed by atoms with Gasteiger partial charge in [0.1, 0.15) is 5.60 Å². The highest BCUT2D eigenvalue weighted by atomic mass is 16.3. The number of hydrogen-bond acceptors (Lipinski definition) is 2. The van der Waals surface area contributed by atoms with E-state index in [-0.39, 0.29) is 12.2 Å². The summed E-state index contributed by atoms with van der Waals surface area (Å²) in [7, 11) is 0. The van der Waals surface area contributed by atoms with Gasteiger partial charge in [0.2, 0.25) is 0 Å². The molecule has 1 aromatic carbocycles. The Morgan fingerprint density at radius 3 is 2.69 bits per heavy atom. The van der Waals surface area contributed by atoms with Crippen molar-refractivity contribution in [1.82, 2.24) is 0 Å². The number of carbonyl (C=O) groups excluding carboxylic acids is 1. The van der Waals surface area contributed by atoms with Crippen molar-refractivity contribution in [2.24, 2.45) is 0 Å². The molecule has 0 spiro atoms. The van der Waals surface area contributed by atoms with Crippen LogP contribution in [0.15, 0.2) is 42.5 Å². The Balaban J connectivity index is 2.01. The lowest BCUT2D eigenvalue weighted by Crippen LogP contribution is -2.23. The molecule has 1 aromatic rings. The Labute approximate surface area is 94.6 Å². The van der Waals surface area contributed by atoms with Gasteiger partial charge in [-0.2, -0.15) is 0 Å². The third kappa shape index (κ3) is 2.59. The molecule has 80 valence electrons. The highest BCUT2D eigenvalue weighted by Gasteiger charge is 2.30. The number of carbonyl (C=O) groups is 1. The van der Waals surface area contributed by atoms with Gasteiger partial charge in [0, 0.05) is 18.4 Å². The van der Waals surface area contributed by atoms with Crippen LogP contribution in [0.25, 0.3) is 0 Å². The molecule has 0 saturated heterocycles. The summed E-state index contributed by atoms with van der Waals surface area (Å²) in [4.78, 5) is 11.0. The maximum Gasteiger partial charge on any atom is 0.158 e. The fourth-order valence-electron chi connectivity index (χ4n) is 1.61. The lowest BCUT2D eigenvalue weighted by molar-refractivity contribution is -0.116. The number of allylic oxidation sites excluding steroid dienone is 1. The van der Waals surface area contributed by atoms with Gasteiger partial charge in [-0.05, 0) is 24.3 Å². The Bertz CT molecular complexity index is 476. The Hall–Kier alpha value is -1.85. The number of ketones is 1. The first kappa shape index (κ1) is 10.7. The molecule has 0 fully saturated rings. The Morgan fingerprint density at radius 2 is 2.06 bits per heavy atom. The van der Waals surface area contributed by atoms with Crippen molar-refractivity contribution in [1.29, 1.82) is 0 Å². The minimum absolute atomic E-state index is 0.0380. The van der Waals surface area contributed by atoms with E-state index in [1.807, 2.05) is 30.3 Å². The fraction of sp³-hybridized carbons (Fsp3) is 0.214. The maximum atomic E-state index is 11.0. The van der Waals surface area contributed by atoms with Gasteiger partial charge in [0.05, 0.1) is 0 Å². The molecule has 0 heterocycles. The smallest absolute Gasteiger partial charge is 0.158 e. The molecular formula is C14H12O2. The van der Waals surface area contributed by atoms with E-state index in [9.17, 15) is 9.90 Å². The van der Waals surface area contributed by atoms with Crippen molar-refractivity contribution in [2.75, 3.05) is 0 Å². The van der Waals surface area contributed by atoms with Crippen LogP contribution in [0, 0.1) is 11.8 Å². The number of hydrogen-bond donors (Lipinski definition) is 1. The van der Waals surface area contributed by atoms with E-state index >= 15 is 0 Å². The lowest BCUT2D eigenvalue weighted by Gasteiger charge is -2.14. The predicted molar refractivity (Wildman–Crippen MR) is 61.7 cm³/mol. The standard InChI is InChI=1S/C14H12O2/c15-13-8-10-14(16,11-13)9-4-7-12-5-2-1-3-6-12/h1-3,5-6,8,10,16H,9,11H2. The van der Waals surface area contributed by atoms with E-state index in [0.29, 0.717) is 6.42 Å². The minimum atomic E-state index is -1.06. The molecule has 1 aliphatic carbocycles. The van der Waals surface area contributed by atoms with Gasteiger partial charge < -0.3 is 5.11 Å². The van der Waals surface area contributed by atoms with Crippen LogP contribution in [0.1, 0.15) is 18.4 Å². The van der Waals surface area contributed by atoms with Crippen molar-refractivity contribution < 1.29 is 9.90 Å². The molecule has 0 saturated carbocycles.